The molecule has 8 N–H and O–H groups in total. The van der Waals surface area contributed by atoms with Crippen molar-refractivity contribution in [3.05, 3.63) is 0 Å². The summed E-state index contributed by atoms with van der Waals surface area (Å²) in [6.07, 6.45) is 1.21. The Morgan fingerprint density at radius 1 is 1.00 bits per heavy atom. The van der Waals surface area contributed by atoms with Gasteiger partial charge in [-0.15, -0.1) is 0 Å². The first-order valence-electron chi connectivity index (χ1n) is 10.5. The molecule has 2 aliphatic rings. The number of primary amides is 2. The van der Waals surface area contributed by atoms with Crippen molar-refractivity contribution in [2.75, 3.05) is 13.1 Å². The third-order valence-electron chi connectivity index (χ3n) is 5.53. The zero-order valence-corrected chi connectivity index (χ0v) is 17.7. The average molecular weight is 454 g/mol. The highest BCUT2D eigenvalue weighted by atomic mass is 16.4. The van der Waals surface area contributed by atoms with Crippen molar-refractivity contribution in [1.29, 1.82) is 0 Å². The molecule has 0 aromatic heterocycles. The van der Waals surface area contributed by atoms with Crippen LogP contribution in [-0.2, 0) is 28.8 Å². The van der Waals surface area contributed by atoms with Gasteiger partial charge in [-0.05, 0) is 38.6 Å². The van der Waals surface area contributed by atoms with Gasteiger partial charge in [-0.1, -0.05) is 0 Å². The van der Waals surface area contributed by atoms with E-state index in [2.05, 4.69) is 16.0 Å². The Kier molecular flexibility index (Phi) is 8.93. The van der Waals surface area contributed by atoms with Gasteiger partial charge in [0.1, 0.15) is 18.1 Å². The van der Waals surface area contributed by atoms with E-state index in [0.717, 1.165) is 11.3 Å². The van der Waals surface area contributed by atoms with Crippen LogP contribution < -0.4 is 27.4 Å². The Morgan fingerprint density at radius 3 is 2.28 bits per heavy atom. The number of amides is 5. The van der Waals surface area contributed by atoms with Crippen molar-refractivity contribution in [2.24, 2.45) is 11.5 Å². The number of rotatable bonds is 11. The number of carboxylic acid groups (broad SMARTS) is 1. The molecule has 13 nitrogen and oxygen atoms in total. The number of nitrogens with zero attached hydrogens (tertiary/aromatic N) is 1. The molecule has 0 aromatic rings. The van der Waals surface area contributed by atoms with E-state index in [4.69, 9.17) is 11.5 Å². The number of nitrogens with one attached hydrogen (secondary N) is 3. The van der Waals surface area contributed by atoms with Crippen molar-refractivity contribution in [1.82, 2.24) is 20.9 Å². The number of nitrogens with two attached hydrogens (primary N) is 2. The predicted octanol–water partition coefficient (Wildman–Crippen LogP) is -3.08. The molecule has 2 saturated heterocycles. The van der Waals surface area contributed by atoms with Crippen LogP contribution in [0.15, 0.2) is 0 Å². The van der Waals surface area contributed by atoms with Gasteiger partial charge in [0.15, 0.2) is 0 Å². The van der Waals surface area contributed by atoms with Gasteiger partial charge in [-0.2, -0.15) is 0 Å². The fourth-order valence-corrected chi connectivity index (χ4v) is 3.89. The minimum atomic E-state index is -1.33. The lowest BCUT2D eigenvalue weighted by Gasteiger charge is -2.28. The topological polar surface area (TPSA) is 214 Å². The fraction of sp³-hybridized carbons (Fsp3) is 0.684. The van der Waals surface area contributed by atoms with Crippen LogP contribution in [0.4, 0.5) is 0 Å². The second kappa shape index (κ2) is 11.4. The zero-order valence-electron chi connectivity index (χ0n) is 17.7. The summed E-state index contributed by atoms with van der Waals surface area (Å²) in [4.78, 5) is 73.5. The van der Waals surface area contributed by atoms with Gasteiger partial charge in [-0.25, -0.2) is 4.79 Å². The lowest BCUT2D eigenvalue weighted by Crippen LogP contribution is -2.57. The Hall–Kier alpha value is -3.22. The molecule has 2 heterocycles. The third kappa shape index (κ3) is 6.90. The number of likely N-dealkylation sites (tertiary alicyclic amines) is 1. The Morgan fingerprint density at radius 2 is 1.72 bits per heavy atom. The standard InChI is InChI=1S/C19H30N6O7/c20-14(26)6-5-11(18(30)25-8-2-4-13(25)19(31)32)23-17(29)12(9-15(21)27)24-16(28)10-3-1-7-22-10/h10-13,22H,1-9H2,(H2,20,26)(H2,21,27)(H,23,29)(H,24,28)(H,31,32). The third-order valence-corrected chi connectivity index (χ3v) is 5.53. The Labute approximate surface area is 184 Å². The normalized spacial score (nSPS) is 22.1. The van der Waals surface area contributed by atoms with E-state index in [1.54, 1.807) is 0 Å². The summed E-state index contributed by atoms with van der Waals surface area (Å²) in [5.74, 6) is -4.71. The van der Waals surface area contributed by atoms with E-state index in [-0.39, 0.29) is 25.8 Å². The largest absolute Gasteiger partial charge is 0.480 e. The number of aliphatic carboxylic acids is 1. The lowest BCUT2D eigenvalue weighted by molar-refractivity contribution is -0.149. The minimum Gasteiger partial charge on any atom is -0.480 e. The lowest BCUT2D eigenvalue weighted by atomic mass is 10.1. The van der Waals surface area contributed by atoms with E-state index >= 15 is 0 Å². The van der Waals surface area contributed by atoms with Gasteiger partial charge < -0.3 is 37.4 Å². The van der Waals surface area contributed by atoms with Crippen LogP contribution in [0.1, 0.15) is 44.9 Å². The summed E-state index contributed by atoms with van der Waals surface area (Å²) >= 11 is 0. The molecule has 0 bridgehead atoms. The molecule has 2 aliphatic heterocycles. The summed E-state index contributed by atoms with van der Waals surface area (Å²) in [6.45, 7) is 0.836. The SMILES string of the molecule is NC(=O)CCC(NC(=O)C(CC(N)=O)NC(=O)C1CCCN1)C(=O)N1CCCC1C(=O)O. The average Bonchev–Trinajstić information content (AvgIpc) is 3.41. The maximum Gasteiger partial charge on any atom is 0.326 e. The smallest absolute Gasteiger partial charge is 0.326 e. The molecule has 0 spiro atoms. The minimum absolute atomic E-state index is 0.163. The van der Waals surface area contributed by atoms with Crippen molar-refractivity contribution < 1.29 is 33.9 Å². The first-order chi connectivity index (χ1) is 15.1. The van der Waals surface area contributed by atoms with Gasteiger partial charge in [0.05, 0.1) is 12.5 Å². The maximum atomic E-state index is 13.0. The summed E-state index contributed by atoms with van der Waals surface area (Å²) in [7, 11) is 0. The summed E-state index contributed by atoms with van der Waals surface area (Å²) < 4.78 is 0. The molecule has 5 amide bonds. The van der Waals surface area contributed by atoms with Gasteiger partial charge in [0.25, 0.3) is 0 Å². The predicted molar refractivity (Wildman–Crippen MR) is 109 cm³/mol. The molecule has 0 aromatic carbocycles. The highest BCUT2D eigenvalue weighted by Gasteiger charge is 2.38. The monoisotopic (exact) mass is 454 g/mol. The van der Waals surface area contributed by atoms with Crippen molar-refractivity contribution >= 4 is 35.5 Å². The van der Waals surface area contributed by atoms with Crippen LogP contribution in [-0.4, -0.2) is 82.8 Å². The number of hydrogen-bond acceptors (Lipinski definition) is 7. The van der Waals surface area contributed by atoms with Crippen LogP contribution in [0.2, 0.25) is 0 Å². The van der Waals surface area contributed by atoms with Gasteiger partial charge >= 0.3 is 5.97 Å². The Bertz CT molecular complexity index is 767. The molecule has 32 heavy (non-hydrogen) atoms. The van der Waals surface area contributed by atoms with Crippen LogP contribution in [0, 0.1) is 0 Å². The van der Waals surface area contributed by atoms with E-state index < -0.39 is 66.1 Å². The number of hydrogen-bond donors (Lipinski definition) is 6. The van der Waals surface area contributed by atoms with Crippen LogP contribution >= 0.6 is 0 Å². The molecular formula is C19H30N6O7. The first kappa shape index (κ1) is 25.0. The quantitative estimate of drug-likeness (QED) is 0.188. The second-order valence-corrected chi connectivity index (χ2v) is 7.97. The fourth-order valence-electron chi connectivity index (χ4n) is 3.89. The molecule has 0 saturated carbocycles. The number of carbonyl (C=O) groups is 6. The molecule has 2 rings (SSSR count). The van der Waals surface area contributed by atoms with Crippen molar-refractivity contribution in [2.45, 2.75) is 69.1 Å². The zero-order chi connectivity index (χ0) is 23.8. The van der Waals surface area contributed by atoms with Crippen LogP contribution in [0.25, 0.3) is 0 Å². The van der Waals surface area contributed by atoms with Crippen molar-refractivity contribution in [3.63, 3.8) is 0 Å². The summed E-state index contributed by atoms with van der Waals surface area (Å²) in [5, 5.41) is 17.2. The Balaban J connectivity index is 2.14. The van der Waals surface area contributed by atoms with E-state index in [1.165, 1.54) is 0 Å². The van der Waals surface area contributed by atoms with E-state index in [1.807, 2.05) is 0 Å². The molecule has 0 aliphatic carbocycles. The van der Waals surface area contributed by atoms with Gasteiger partial charge in [0.2, 0.25) is 29.5 Å². The second-order valence-electron chi connectivity index (χ2n) is 7.97. The molecular weight excluding hydrogens is 424 g/mol. The number of carboxylic acids is 1. The van der Waals surface area contributed by atoms with Crippen molar-refractivity contribution in [3.8, 4) is 0 Å². The number of carbonyl (C=O) groups excluding carboxylic acids is 5. The molecule has 178 valence electrons. The van der Waals surface area contributed by atoms with Crippen LogP contribution in [0.3, 0.4) is 0 Å². The van der Waals surface area contributed by atoms with Gasteiger partial charge in [-0.3, -0.25) is 24.0 Å². The molecule has 4 unspecified atom stereocenters. The molecule has 0 radical (unpaired) electrons. The highest BCUT2D eigenvalue weighted by molar-refractivity contribution is 5.96. The molecule has 4 atom stereocenters. The van der Waals surface area contributed by atoms with E-state index in [9.17, 15) is 33.9 Å². The molecule has 13 heteroatoms. The molecule has 2 fully saturated rings. The van der Waals surface area contributed by atoms with Gasteiger partial charge in [0, 0.05) is 13.0 Å². The van der Waals surface area contributed by atoms with Crippen LogP contribution in [0.5, 0.6) is 0 Å². The first-order valence-corrected chi connectivity index (χ1v) is 10.5. The summed E-state index contributed by atoms with van der Waals surface area (Å²) in [5.41, 5.74) is 10.4. The summed E-state index contributed by atoms with van der Waals surface area (Å²) in [6, 6.07) is -4.14. The van der Waals surface area contributed by atoms with E-state index in [0.29, 0.717) is 19.4 Å². The highest BCUT2D eigenvalue weighted by Crippen LogP contribution is 2.19. The maximum absolute atomic E-state index is 13.0.